The molecule has 1 unspecified atom stereocenters. The average molecular weight is 242 g/mol. The van der Waals surface area contributed by atoms with Crippen molar-refractivity contribution in [2.45, 2.75) is 13.0 Å². The Balaban J connectivity index is 2.07. The van der Waals surface area contributed by atoms with Crippen LogP contribution in [0.1, 0.15) is 23.1 Å². The number of hydrogen-bond acceptors (Lipinski definition) is 3. The van der Waals surface area contributed by atoms with Crippen LogP contribution in [0, 0.1) is 6.92 Å². The molecule has 0 aliphatic rings. The van der Waals surface area contributed by atoms with Crippen molar-refractivity contribution in [3.63, 3.8) is 0 Å². The van der Waals surface area contributed by atoms with E-state index in [1.165, 1.54) is 5.56 Å². The summed E-state index contributed by atoms with van der Waals surface area (Å²) in [6.45, 7) is 2.03. The first-order valence-electron chi connectivity index (χ1n) is 5.79. The summed E-state index contributed by atoms with van der Waals surface area (Å²) in [4.78, 5) is 4.00. The van der Waals surface area contributed by atoms with E-state index in [-0.39, 0.29) is 0 Å². The Morgan fingerprint density at radius 3 is 2.89 bits per heavy atom. The standard InChI is InChI=1S/C14H14N2O2/c1-9-3-4-12-10(5-9)6-13(18-12)14(17)11-7-15-8-16(11)2/h3-8,14,17H,1-2H3. The van der Waals surface area contributed by atoms with E-state index in [1.54, 1.807) is 17.1 Å². The third-order valence-electron chi connectivity index (χ3n) is 3.09. The first-order valence-corrected chi connectivity index (χ1v) is 5.79. The van der Waals surface area contributed by atoms with Gasteiger partial charge in [-0.1, -0.05) is 11.6 Å². The highest BCUT2D eigenvalue weighted by molar-refractivity contribution is 5.78. The van der Waals surface area contributed by atoms with Gasteiger partial charge < -0.3 is 14.1 Å². The van der Waals surface area contributed by atoms with Crippen LogP contribution in [-0.2, 0) is 7.05 Å². The zero-order valence-electron chi connectivity index (χ0n) is 10.3. The van der Waals surface area contributed by atoms with Gasteiger partial charge in [0.1, 0.15) is 11.3 Å². The van der Waals surface area contributed by atoms with Crippen molar-refractivity contribution in [1.29, 1.82) is 0 Å². The first kappa shape index (κ1) is 11.0. The van der Waals surface area contributed by atoms with Crippen LogP contribution in [-0.4, -0.2) is 14.7 Å². The van der Waals surface area contributed by atoms with Crippen molar-refractivity contribution in [2.75, 3.05) is 0 Å². The van der Waals surface area contributed by atoms with Gasteiger partial charge in [-0.3, -0.25) is 0 Å². The fourth-order valence-corrected chi connectivity index (χ4v) is 2.09. The maximum Gasteiger partial charge on any atom is 0.153 e. The molecular formula is C14H14N2O2. The summed E-state index contributed by atoms with van der Waals surface area (Å²) in [6.07, 6.45) is 2.51. The smallest absolute Gasteiger partial charge is 0.153 e. The van der Waals surface area contributed by atoms with Crippen LogP contribution in [0.4, 0.5) is 0 Å². The van der Waals surface area contributed by atoms with Gasteiger partial charge in [0, 0.05) is 12.4 Å². The molecule has 1 N–H and O–H groups in total. The SMILES string of the molecule is Cc1ccc2oc(C(O)c3cncn3C)cc2c1. The van der Waals surface area contributed by atoms with Crippen molar-refractivity contribution >= 4 is 11.0 Å². The summed E-state index contributed by atoms with van der Waals surface area (Å²) in [6, 6.07) is 7.83. The summed E-state index contributed by atoms with van der Waals surface area (Å²) in [5, 5.41) is 11.3. The normalized spacial score (nSPS) is 13.1. The zero-order chi connectivity index (χ0) is 12.7. The van der Waals surface area contributed by atoms with Gasteiger partial charge in [-0.25, -0.2) is 4.98 Å². The van der Waals surface area contributed by atoms with Gasteiger partial charge in [-0.15, -0.1) is 0 Å². The third-order valence-corrected chi connectivity index (χ3v) is 3.09. The number of aryl methyl sites for hydroxylation is 2. The number of hydrogen-bond donors (Lipinski definition) is 1. The highest BCUT2D eigenvalue weighted by atomic mass is 16.4. The van der Waals surface area contributed by atoms with Crippen molar-refractivity contribution in [1.82, 2.24) is 9.55 Å². The lowest BCUT2D eigenvalue weighted by atomic mass is 10.1. The second kappa shape index (κ2) is 3.99. The van der Waals surface area contributed by atoms with Crippen LogP contribution >= 0.6 is 0 Å². The molecule has 0 aliphatic carbocycles. The Morgan fingerprint density at radius 1 is 1.33 bits per heavy atom. The molecule has 4 nitrogen and oxygen atoms in total. The van der Waals surface area contributed by atoms with Crippen LogP contribution in [0.15, 0.2) is 41.2 Å². The Kier molecular flexibility index (Phi) is 2.45. The van der Waals surface area contributed by atoms with Crippen molar-refractivity contribution in [2.24, 2.45) is 7.05 Å². The Bertz CT molecular complexity index is 697. The summed E-state index contributed by atoms with van der Waals surface area (Å²) >= 11 is 0. The fourth-order valence-electron chi connectivity index (χ4n) is 2.09. The molecule has 0 amide bonds. The molecule has 3 rings (SSSR count). The first-order chi connectivity index (χ1) is 8.65. The molecule has 4 heteroatoms. The molecule has 1 atom stereocenters. The number of aliphatic hydroxyl groups excluding tert-OH is 1. The van der Waals surface area contributed by atoms with Crippen LogP contribution in [0.25, 0.3) is 11.0 Å². The molecule has 3 aromatic rings. The van der Waals surface area contributed by atoms with Crippen LogP contribution < -0.4 is 0 Å². The van der Waals surface area contributed by atoms with E-state index in [9.17, 15) is 5.11 Å². The number of benzene rings is 1. The summed E-state index contributed by atoms with van der Waals surface area (Å²) in [5.41, 5.74) is 2.67. The van der Waals surface area contributed by atoms with Gasteiger partial charge in [0.2, 0.25) is 0 Å². The maximum absolute atomic E-state index is 10.3. The minimum Gasteiger partial charge on any atom is -0.458 e. The number of imidazole rings is 1. The molecule has 0 aliphatic heterocycles. The molecule has 0 bridgehead atoms. The molecule has 18 heavy (non-hydrogen) atoms. The van der Waals surface area contributed by atoms with Crippen LogP contribution in [0.2, 0.25) is 0 Å². The molecule has 0 fully saturated rings. The molecule has 0 spiro atoms. The minimum atomic E-state index is -0.787. The minimum absolute atomic E-state index is 0.541. The molecule has 0 saturated carbocycles. The van der Waals surface area contributed by atoms with Crippen molar-refractivity contribution in [3.8, 4) is 0 Å². The van der Waals surface area contributed by atoms with E-state index >= 15 is 0 Å². The molecular weight excluding hydrogens is 228 g/mol. The largest absolute Gasteiger partial charge is 0.458 e. The van der Waals surface area contributed by atoms with E-state index in [0.29, 0.717) is 11.5 Å². The molecule has 2 aromatic heterocycles. The highest BCUT2D eigenvalue weighted by Gasteiger charge is 2.18. The highest BCUT2D eigenvalue weighted by Crippen LogP contribution is 2.28. The number of aliphatic hydroxyl groups is 1. The number of nitrogens with zero attached hydrogens (tertiary/aromatic N) is 2. The van der Waals surface area contributed by atoms with E-state index < -0.39 is 6.10 Å². The van der Waals surface area contributed by atoms with Crippen molar-refractivity contribution < 1.29 is 9.52 Å². The van der Waals surface area contributed by atoms with Gasteiger partial charge in [-0.2, -0.15) is 0 Å². The third kappa shape index (κ3) is 1.71. The van der Waals surface area contributed by atoms with Crippen LogP contribution in [0.3, 0.4) is 0 Å². The fraction of sp³-hybridized carbons (Fsp3) is 0.214. The van der Waals surface area contributed by atoms with Gasteiger partial charge >= 0.3 is 0 Å². The summed E-state index contributed by atoms with van der Waals surface area (Å²) < 4.78 is 7.45. The van der Waals surface area contributed by atoms with E-state index in [4.69, 9.17) is 4.42 Å². The van der Waals surface area contributed by atoms with Gasteiger partial charge in [0.15, 0.2) is 6.10 Å². The summed E-state index contributed by atoms with van der Waals surface area (Å²) in [5.74, 6) is 0.541. The quantitative estimate of drug-likeness (QED) is 0.751. The second-order valence-corrected chi connectivity index (χ2v) is 4.52. The van der Waals surface area contributed by atoms with Gasteiger partial charge in [0.05, 0.1) is 18.2 Å². The maximum atomic E-state index is 10.3. The number of furan rings is 1. The monoisotopic (exact) mass is 242 g/mol. The molecule has 1 aromatic carbocycles. The average Bonchev–Trinajstić information content (AvgIpc) is 2.93. The van der Waals surface area contributed by atoms with Gasteiger partial charge in [0.25, 0.3) is 0 Å². The lowest BCUT2D eigenvalue weighted by molar-refractivity contribution is 0.184. The lowest BCUT2D eigenvalue weighted by Crippen LogP contribution is -2.03. The predicted octanol–water partition coefficient (Wildman–Crippen LogP) is 2.56. The van der Waals surface area contributed by atoms with E-state index in [1.807, 2.05) is 38.2 Å². The van der Waals surface area contributed by atoms with E-state index in [0.717, 1.165) is 11.0 Å². The molecule has 0 saturated heterocycles. The Hall–Kier alpha value is -2.07. The number of fused-ring (bicyclic) bond motifs is 1. The molecule has 2 heterocycles. The Labute approximate surface area is 104 Å². The topological polar surface area (TPSA) is 51.2 Å². The van der Waals surface area contributed by atoms with Gasteiger partial charge in [-0.05, 0) is 25.1 Å². The zero-order valence-corrected chi connectivity index (χ0v) is 10.3. The number of aromatic nitrogens is 2. The molecule has 0 radical (unpaired) electrons. The van der Waals surface area contributed by atoms with Crippen LogP contribution in [0.5, 0.6) is 0 Å². The number of rotatable bonds is 2. The predicted molar refractivity (Wildman–Crippen MR) is 68.2 cm³/mol. The summed E-state index contributed by atoms with van der Waals surface area (Å²) in [7, 11) is 1.85. The Morgan fingerprint density at radius 2 is 2.17 bits per heavy atom. The lowest BCUT2D eigenvalue weighted by Gasteiger charge is -2.07. The second-order valence-electron chi connectivity index (χ2n) is 4.52. The molecule has 92 valence electrons. The van der Waals surface area contributed by atoms with E-state index in [2.05, 4.69) is 4.98 Å². The van der Waals surface area contributed by atoms with Crippen molar-refractivity contribution in [3.05, 3.63) is 53.8 Å².